The number of hydrogen-bond donors (Lipinski definition) is 6. The lowest BCUT2D eigenvalue weighted by atomic mass is 9.99. The second kappa shape index (κ2) is 8.81. The molecule has 0 aromatic heterocycles. The monoisotopic (exact) mass is 404 g/mol. The fourth-order valence-electron chi connectivity index (χ4n) is 3.04. The summed E-state index contributed by atoms with van der Waals surface area (Å²) in [6.07, 6.45) is -3.50. The predicted molar refractivity (Wildman–Crippen MR) is 104 cm³/mol. The van der Waals surface area contributed by atoms with Gasteiger partial charge >= 0.3 is 0 Å². The van der Waals surface area contributed by atoms with Gasteiger partial charge in [0, 0.05) is 6.07 Å². The van der Waals surface area contributed by atoms with Crippen LogP contribution in [0.15, 0.2) is 36.4 Å². The minimum atomic E-state index is -1.56. The Morgan fingerprint density at radius 1 is 0.931 bits per heavy atom. The Labute approximate surface area is 167 Å². The first-order valence-corrected chi connectivity index (χ1v) is 9.07. The van der Waals surface area contributed by atoms with Crippen molar-refractivity contribution >= 4 is 12.2 Å². The van der Waals surface area contributed by atoms with E-state index >= 15 is 0 Å². The van der Waals surface area contributed by atoms with Crippen molar-refractivity contribution in [2.75, 3.05) is 6.61 Å². The molecule has 0 saturated carbocycles. The van der Waals surface area contributed by atoms with Gasteiger partial charge in [-0.2, -0.15) is 0 Å². The first kappa shape index (κ1) is 21.1. The summed E-state index contributed by atoms with van der Waals surface area (Å²) < 4.78 is 10.9. The van der Waals surface area contributed by atoms with Crippen LogP contribution in [0.1, 0.15) is 16.7 Å². The highest BCUT2D eigenvalue weighted by Gasteiger charge is 2.44. The van der Waals surface area contributed by atoms with E-state index in [0.717, 1.165) is 11.1 Å². The summed E-state index contributed by atoms with van der Waals surface area (Å²) >= 11 is 0. The summed E-state index contributed by atoms with van der Waals surface area (Å²) in [4.78, 5) is 0. The third-order valence-corrected chi connectivity index (χ3v) is 4.70. The number of rotatable bonds is 5. The van der Waals surface area contributed by atoms with E-state index < -0.39 is 37.3 Å². The number of phenolic OH excluding ortho intramolecular Hbond substituents is 2. The van der Waals surface area contributed by atoms with Crippen LogP contribution in [0.3, 0.4) is 0 Å². The molecule has 0 spiro atoms. The SMILES string of the molecule is Cc1cc(/C=C/c2cc(O)cc(O[C@@H]3O[C@H](CO)[C@@H](O)[C@H](O)[C@H]3O)c2)ccc1O. The first-order chi connectivity index (χ1) is 13.8. The Hall–Kier alpha value is -2.62. The number of ether oxygens (including phenoxy) is 2. The van der Waals surface area contributed by atoms with E-state index in [4.69, 9.17) is 9.47 Å². The number of aliphatic hydroxyl groups excluding tert-OH is 4. The average molecular weight is 404 g/mol. The van der Waals surface area contributed by atoms with Gasteiger partial charge in [0.2, 0.25) is 6.29 Å². The lowest BCUT2D eigenvalue weighted by Gasteiger charge is -2.39. The molecule has 0 amide bonds. The zero-order valence-corrected chi connectivity index (χ0v) is 15.7. The maximum Gasteiger partial charge on any atom is 0.229 e. The number of aliphatic hydroxyl groups is 4. The molecule has 156 valence electrons. The van der Waals surface area contributed by atoms with E-state index in [0.29, 0.717) is 5.56 Å². The quantitative estimate of drug-likeness (QED) is 0.401. The van der Waals surface area contributed by atoms with Crippen molar-refractivity contribution in [1.29, 1.82) is 0 Å². The van der Waals surface area contributed by atoms with Crippen molar-refractivity contribution in [3.63, 3.8) is 0 Å². The number of hydrogen-bond acceptors (Lipinski definition) is 8. The zero-order valence-electron chi connectivity index (χ0n) is 15.7. The molecule has 1 aliphatic rings. The number of benzene rings is 2. The van der Waals surface area contributed by atoms with Gasteiger partial charge in [-0.1, -0.05) is 18.2 Å². The van der Waals surface area contributed by atoms with Gasteiger partial charge in [-0.3, -0.25) is 0 Å². The third kappa shape index (κ3) is 4.87. The Morgan fingerprint density at radius 3 is 2.34 bits per heavy atom. The van der Waals surface area contributed by atoms with E-state index in [-0.39, 0.29) is 17.2 Å². The number of aryl methyl sites for hydroxylation is 1. The maximum atomic E-state index is 10.1. The molecule has 5 atom stereocenters. The summed E-state index contributed by atoms with van der Waals surface area (Å²) in [6.45, 7) is 1.22. The third-order valence-electron chi connectivity index (χ3n) is 4.70. The molecule has 8 heteroatoms. The first-order valence-electron chi connectivity index (χ1n) is 9.07. The average Bonchev–Trinajstić information content (AvgIpc) is 2.69. The van der Waals surface area contributed by atoms with Crippen LogP contribution in [0.25, 0.3) is 12.2 Å². The molecule has 0 unspecified atom stereocenters. The topological polar surface area (TPSA) is 140 Å². The number of aromatic hydroxyl groups is 2. The smallest absolute Gasteiger partial charge is 0.229 e. The molecule has 1 aliphatic heterocycles. The predicted octanol–water partition coefficient (Wildman–Crippen LogP) is 0.755. The standard InChI is InChI=1S/C21H24O8/c1-11-6-12(4-5-16(11)24)2-3-13-7-14(23)9-15(8-13)28-21-20(27)19(26)18(25)17(10-22)29-21/h2-9,17-27H,10H2,1H3/b3-2+/t17-,18-,19+,20-,21-/m1/s1. The maximum absolute atomic E-state index is 10.1. The van der Waals surface area contributed by atoms with Gasteiger partial charge < -0.3 is 40.1 Å². The van der Waals surface area contributed by atoms with Gasteiger partial charge in [-0.15, -0.1) is 0 Å². The molecule has 2 aromatic carbocycles. The van der Waals surface area contributed by atoms with E-state index in [1.165, 1.54) is 12.1 Å². The van der Waals surface area contributed by atoms with Crippen LogP contribution in [0.4, 0.5) is 0 Å². The summed E-state index contributed by atoms with van der Waals surface area (Å²) in [5, 5.41) is 58.6. The Morgan fingerprint density at radius 2 is 1.66 bits per heavy atom. The van der Waals surface area contributed by atoms with Crippen LogP contribution < -0.4 is 4.74 Å². The molecule has 0 aliphatic carbocycles. The van der Waals surface area contributed by atoms with Gasteiger partial charge in [0.1, 0.15) is 41.7 Å². The molecule has 8 nitrogen and oxygen atoms in total. The highest BCUT2D eigenvalue weighted by Crippen LogP contribution is 2.28. The van der Waals surface area contributed by atoms with Gasteiger partial charge in [-0.05, 0) is 47.9 Å². The molecular formula is C21H24O8. The van der Waals surface area contributed by atoms with E-state index in [9.17, 15) is 30.6 Å². The van der Waals surface area contributed by atoms with Crippen molar-refractivity contribution < 1.29 is 40.1 Å². The van der Waals surface area contributed by atoms with Gasteiger partial charge in [0.25, 0.3) is 0 Å². The van der Waals surface area contributed by atoms with Gasteiger partial charge in [0.15, 0.2) is 0 Å². The second-order valence-corrected chi connectivity index (χ2v) is 6.95. The Balaban J connectivity index is 1.78. The van der Waals surface area contributed by atoms with E-state index in [2.05, 4.69) is 0 Å². The molecular weight excluding hydrogens is 380 g/mol. The molecule has 3 rings (SSSR count). The van der Waals surface area contributed by atoms with E-state index in [1.54, 1.807) is 43.3 Å². The fourth-order valence-corrected chi connectivity index (χ4v) is 3.04. The molecule has 29 heavy (non-hydrogen) atoms. The summed E-state index contributed by atoms with van der Waals surface area (Å²) in [6, 6.07) is 9.54. The van der Waals surface area contributed by atoms with Gasteiger partial charge in [-0.25, -0.2) is 0 Å². The van der Waals surface area contributed by atoms with Crippen molar-refractivity contribution in [2.45, 2.75) is 37.6 Å². The molecule has 1 heterocycles. The Kier molecular flexibility index (Phi) is 6.41. The van der Waals surface area contributed by atoms with Gasteiger partial charge in [0.05, 0.1) is 6.61 Å². The molecule has 1 saturated heterocycles. The summed E-state index contributed by atoms with van der Waals surface area (Å²) in [5.74, 6) is 0.277. The second-order valence-electron chi connectivity index (χ2n) is 6.95. The summed E-state index contributed by atoms with van der Waals surface area (Å²) in [7, 11) is 0. The highest BCUT2D eigenvalue weighted by atomic mass is 16.7. The molecule has 2 aromatic rings. The van der Waals surface area contributed by atoms with Crippen LogP contribution in [0.2, 0.25) is 0 Å². The largest absolute Gasteiger partial charge is 0.508 e. The van der Waals surface area contributed by atoms with Crippen molar-refractivity contribution in [3.8, 4) is 17.2 Å². The van der Waals surface area contributed by atoms with Crippen LogP contribution in [-0.2, 0) is 4.74 Å². The van der Waals surface area contributed by atoms with Crippen molar-refractivity contribution in [2.24, 2.45) is 0 Å². The molecule has 0 bridgehead atoms. The minimum Gasteiger partial charge on any atom is -0.508 e. The van der Waals surface area contributed by atoms with Crippen LogP contribution >= 0.6 is 0 Å². The molecule has 6 N–H and O–H groups in total. The molecule has 1 fully saturated rings. The summed E-state index contributed by atoms with van der Waals surface area (Å²) in [5.41, 5.74) is 2.17. The van der Waals surface area contributed by atoms with Crippen LogP contribution in [0, 0.1) is 6.92 Å². The number of phenols is 2. The fraction of sp³-hybridized carbons (Fsp3) is 0.333. The normalized spacial score (nSPS) is 27.3. The van der Waals surface area contributed by atoms with Crippen molar-refractivity contribution in [3.05, 3.63) is 53.1 Å². The van der Waals surface area contributed by atoms with Crippen LogP contribution in [0.5, 0.6) is 17.2 Å². The van der Waals surface area contributed by atoms with E-state index in [1.807, 2.05) is 0 Å². The highest BCUT2D eigenvalue weighted by molar-refractivity contribution is 5.71. The van der Waals surface area contributed by atoms with Crippen molar-refractivity contribution in [1.82, 2.24) is 0 Å². The van der Waals surface area contributed by atoms with Crippen LogP contribution in [-0.4, -0.2) is 68.0 Å². The lowest BCUT2D eigenvalue weighted by Crippen LogP contribution is -2.60. The minimum absolute atomic E-state index is 0.0892. The Bertz CT molecular complexity index is 879. The molecule has 0 radical (unpaired) electrons. The lowest BCUT2D eigenvalue weighted by molar-refractivity contribution is -0.277. The zero-order chi connectivity index (χ0) is 21.1.